The second-order valence-electron chi connectivity index (χ2n) is 5.32. The van der Waals surface area contributed by atoms with E-state index in [0.29, 0.717) is 24.4 Å². The summed E-state index contributed by atoms with van der Waals surface area (Å²) in [5.74, 6) is -0.144. The maximum atomic E-state index is 12.0. The van der Waals surface area contributed by atoms with Crippen molar-refractivity contribution in [3.05, 3.63) is 58.6 Å². The van der Waals surface area contributed by atoms with Crippen molar-refractivity contribution in [2.24, 2.45) is 0 Å². The van der Waals surface area contributed by atoms with Crippen molar-refractivity contribution in [1.82, 2.24) is 4.90 Å². The van der Waals surface area contributed by atoms with Gasteiger partial charge in [0.1, 0.15) is 12.4 Å². The fourth-order valence-corrected chi connectivity index (χ4v) is 2.16. The highest BCUT2D eigenvalue weighted by atomic mass is 79.9. The number of carbonyl (C=O) groups excluding carboxylic acids is 2. The third-order valence-electron chi connectivity index (χ3n) is 3.41. The van der Waals surface area contributed by atoms with E-state index in [1.54, 1.807) is 31.3 Å². The molecule has 1 amide bonds. The summed E-state index contributed by atoms with van der Waals surface area (Å²) in [6.45, 7) is 0.405. The fourth-order valence-electron chi connectivity index (χ4n) is 1.90. The number of halogens is 1. The average molecular weight is 407 g/mol. The van der Waals surface area contributed by atoms with Crippen LogP contribution in [0, 0.1) is 0 Å². The van der Waals surface area contributed by atoms with E-state index in [0.717, 1.165) is 10.2 Å². The van der Waals surface area contributed by atoms with Crippen LogP contribution in [0.2, 0.25) is 0 Å². The Labute approximate surface area is 154 Å². The maximum Gasteiger partial charge on any atom is 0.338 e. The topological polar surface area (TPSA) is 81.9 Å². The molecule has 2 N–H and O–H groups in total. The summed E-state index contributed by atoms with van der Waals surface area (Å²) < 4.78 is 11.5. The molecular formula is C18H19BrN2O4. The molecule has 0 saturated heterocycles. The SMILES string of the molecule is CN(CCOc1ccc(Br)cc1)C(=O)COC(=O)c1ccc(N)cc1. The number of likely N-dealkylation sites (N-methyl/N-ethyl adjacent to an activating group) is 1. The monoisotopic (exact) mass is 406 g/mol. The summed E-state index contributed by atoms with van der Waals surface area (Å²) in [7, 11) is 1.63. The Morgan fingerprint density at radius 2 is 1.72 bits per heavy atom. The minimum Gasteiger partial charge on any atom is -0.492 e. The predicted molar refractivity (Wildman–Crippen MR) is 98.4 cm³/mol. The second kappa shape index (κ2) is 9.08. The zero-order valence-electron chi connectivity index (χ0n) is 13.8. The van der Waals surface area contributed by atoms with Crippen LogP contribution in [0.15, 0.2) is 53.0 Å². The quantitative estimate of drug-likeness (QED) is 0.564. The summed E-state index contributed by atoms with van der Waals surface area (Å²) in [4.78, 5) is 25.3. The Balaban J connectivity index is 1.71. The van der Waals surface area contributed by atoms with Crippen LogP contribution in [0.4, 0.5) is 5.69 Å². The van der Waals surface area contributed by atoms with Gasteiger partial charge in [-0.15, -0.1) is 0 Å². The number of nitrogen functional groups attached to an aromatic ring is 1. The molecule has 0 saturated carbocycles. The standard InChI is InChI=1S/C18H19BrN2O4/c1-21(10-11-24-16-8-4-14(19)5-9-16)17(22)12-25-18(23)13-2-6-15(20)7-3-13/h2-9H,10-12,20H2,1H3. The summed E-state index contributed by atoms with van der Waals surface area (Å²) in [6, 6.07) is 13.7. The lowest BCUT2D eigenvalue weighted by atomic mass is 10.2. The number of amides is 1. The zero-order valence-corrected chi connectivity index (χ0v) is 15.4. The van der Waals surface area contributed by atoms with Crippen molar-refractivity contribution in [1.29, 1.82) is 0 Å². The molecule has 132 valence electrons. The van der Waals surface area contributed by atoms with Crippen LogP contribution >= 0.6 is 15.9 Å². The number of nitrogens with two attached hydrogens (primary N) is 1. The van der Waals surface area contributed by atoms with Crippen LogP contribution in [0.25, 0.3) is 0 Å². The van der Waals surface area contributed by atoms with Crippen LogP contribution < -0.4 is 10.5 Å². The number of rotatable bonds is 7. The van der Waals surface area contributed by atoms with E-state index in [9.17, 15) is 9.59 Å². The molecule has 0 unspecified atom stereocenters. The molecule has 2 aromatic rings. The third-order valence-corrected chi connectivity index (χ3v) is 3.94. The van der Waals surface area contributed by atoms with Gasteiger partial charge in [-0.05, 0) is 48.5 Å². The van der Waals surface area contributed by atoms with Crippen molar-refractivity contribution >= 4 is 33.5 Å². The first-order valence-electron chi connectivity index (χ1n) is 7.60. The van der Waals surface area contributed by atoms with Crippen molar-refractivity contribution in [3.63, 3.8) is 0 Å². The Hall–Kier alpha value is -2.54. The van der Waals surface area contributed by atoms with E-state index < -0.39 is 5.97 Å². The van der Waals surface area contributed by atoms with Gasteiger partial charge in [0.2, 0.25) is 0 Å². The van der Waals surface area contributed by atoms with Crippen molar-refractivity contribution in [2.45, 2.75) is 0 Å². The molecule has 0 aliphatic rings. The normalized spacial score (nSPS) is 10.2. The van der Waals surface area contributed by atoms with Crippen molar-refractivity contribution < 1.29 is 19.1 Å². The molecule has 0 fully saturated rings. The highest BCUT2D eigenvalue weighted by Gasteiger charge is 2.13. The van der Waals surface area contributed by atoms with Gasteiger partial charge in [-0.3, -0.25) is 4.79 Å². The minimum absolute atomic E-state index is 0.303. The third kappa shape index (κ3) is 6.11. The van der Waals surface area contributed by atoms with E-state index in [1.165, 1.54) is 4.90 Å². The van der Waals surface area contributed by atoms with Crippen LogP contribution in [0.5, 0.6) is 5.75 Å². The molecule has 7 heteroatoms. The largest absolute Gasteiger partial charge is 0.492 e. The Morgan fingerprint density at radius 3 is 2.36 bits per heavy atom. The maximum absolute atomic E-state index is 12.0. The smallest absolute Gasteiger partial charge is 0.338 e. The lowest BCUT2D eigenvalue weighted by molar-refractivity contribution is -0.133. The summed E-state index contributed by atoms with van der Waals surface area (Å²) in [6.07, 6.45) is 0. The van der Waals surface area contributed by atoms with Crippen LogP contribution in [0.1, 0.15) is 10.4 Å². The fraction of sp³-hybridized carbons (Fsp3) is 0.222. The highest BCUT2D eigenvalue weighted by molar-refractivity contribution is 9.10. The molecule has 0 aliphatic heterocycles. The molecule has 0 atom stereocenters. The first-order chi connectivity index (χ1) is 12.0. The minimum atomic E-state index is -0.562. The van der Waals surface area contributed by atoms with Gasteiger partial charge in [0.05, 0.1) is 12.1 Å². The van der Waals surface area contributed by atoms with Gasteiger partial charge >= 0.3 is 5.97 Å². The van der Waals surface area contributed by atoms with E-state index in [2.05, 4.69) is 15.9 Å². The first kappa shape index (κ1) is 18.8. The molecule has 0 radical (unpaired) electrons. The number of esters is 1. The highest BCUT2D eigenvalue weighted by Crippen LogP contribution is 2.15. The van der Waals surface area contributed by atoms with Crippen LogP contribution in [-0.4, -0.2) is 43.6 Å². The van der Waals surface area contributed by atoms with Gasteiger partial charge in [0.15, 0.2) is 6.61 Å². The molecule has 25 heavy (non-hydrogen) atoms. The van der Waals surface area contributed by atoms with Gasteiger partial charge in [0, 0.05) is 17.2 Å². The molecule has 0 spiro atoms. The van der Waals surface area contributed by atoms with E-state index >= 15 is 0 Å². The average Bonchev–Trinajstić information content (AvgIpc) is 2.61. The second-order valence-corrected chi connectivity index (χ2v) is 6.23. The Kier molecular flexibility index (Phi) is 6.82. The molecule has 0 bridgehead atoms. The van der Waals surface area contributed by atoms with Gasteiger partial charge in [-0.2, -0.15) is 0 Å². The summed E-state index contributed by atoms with van der Waals surface area (Å²) >= 11 is 3.35. The van der Waals surface area contributed by atoms with Crippen molar-refractivity contribution in [2.75, 3.05) is 32.5 Å². The van der Waals surface area contributed by atoms with Gasteiger partial charge in [0.25, 0.3) is 5.91 Å². The Morgan fingerprint density at radius 1 is 1.08 bits per heavy atom. The van der Waals surface area contributed by atoms with Crippen LogP contribution in [-0.2, 0) is 9.53 Å². The number of anilines is 1. The van der Waals surface area contributed by atoms with E-state index in [1.807, 2.05) is 24.3 Å². The molecule has 2 aromatic carbocycles. The number of nitrogens with zero attached hydrogens (tertiary/aromatic N) is 1. The van der Waals surface area contributed by atoms with Crippen LogP contribution in [0.3, 0.4) is 0 Å². The first-order valence-corrected chi connectivity index (χ1v) is 8.40. The number of carbonyl (C=O) groups is 2. The molecule has 6 nitrogen and oxygen atoms in total. The van der Waals surface area contributed by atoms with E-state index in [4.69, 9.17) is 15.2 Å². The molecule has 0 heterocycles. The lowest BCUT2D eigenvalue weighted by Crippen LogP contribution is -2.34. The molecular weight excluding hydrogens is 388 g/mol. The molecule has 0 aromatic heterocycles. The lowest BCUT2D eigenvalue weighted by Gasteiger charge is -2.17. The summed E-state index contributed by atoms with van der Waals surface area (Å²) in [5, 5.41) is 0. The van der Waals surface area contributed by atoms with Gasteiger partial charge in [-0.1, -0.05) is 15.9 Å². The van der Waals surface area contributed by atoms with Gasteiger partial charge in [-0.25, -0.2) is 4.79 Å². The molecule has 2 rings (SSSR count). The van der Waals surface area contributed by atoms with Crippen molar-refractivity contribution in [3.8, 4) is 5.75 Å². The number of benzene rings is 2. The Bertz CT molecular complexity index is 717. The zero-order chi connectivity index (χ0) is 18.2. The summed E-state index contributed by atoms with van der Waals surface area (Å²) in [5.41, 5.74) is 6.46. The van der Waals surface area contributed by atoms with Gasteiger partial charge < -0.3 is 20.1 Å². The van der Waals surface area contributed by atoms with E-state index in [-0.39, 0.29) is 12.5 Å². The predicted octanol–water partition coefficient (Wildman–Crippen LogP) is 2.73. The molecule has 0 aliphatic carbocycles. The number of hydrogen-bond donors (Lipinski definition) is 1. The number of hydrogen-bond acceptors (Lipinski definition) is 5. The number of ether oxygens (including phenoxy) is 2.